The third kappa shape index (κ3) is 3.05. The van der Waals surface area contributed by atoms with Gasteiger partial charge in [-0.05, 0) is 75.8 Å². The van der Waals surface area contributed by atoms with Gasteiger partial charge in [0.25, 0.3) is 0 Å². The van der Waals surface area contributed by atoms with Crippen molar-refractivity contribution in [2.75, 3.05) is 4.90 Å². The van der Waals surface area contributed by atoms with E-state index in [0.29, 0.717) is 0 Å². The predicted octanol–water partition coefficient (Wildman–Crippen LogP) is 9.44. The summed E-state index contributed by atoms with van der Waals surface area (Å²) in [5, 5.41) is 0. The lowest BCUT2D eigenvalue weighted by Crippen LogP contribution is -2.36. The maximum absolute atomic E-state index is 5.02. The van der Waals surface area contributed by atoms with Gasteiger partial charge in [0.1, 0.15) is 0 Å². The Kier molecular flexibility index (Phi) is 4.82. The van der Waals surface area contributed by atoms with Gasteiger partial charge in [0.15, 0.2) is 0 Å². The monoisotopic (exact) mass is 535 g/mol. The fourth-order valence-electron chi connectivity index (χ4n) is 7.22. The molecule has 0 N–H and O–H groups in total. The number of hydrogen-bond donors (Lipinski definition) is 0. The van der Waals surface area contributed by atoms with Gasteiger partial charge in [-0.2, -0.15) is 0 Å². The van der Waals surface area contributed by atoms with Gasteiger partial charge in [-0.25, -0.2) is 4.98 Å². The molecule has 6 aromatic carbocycles. The molecule has 1 aliphatic heterocycles. The second-order valence-electron chi connectivity index (χ2n) is 11.0. The van der Waals surface area contributed by atoms with Crippen molar-refractivity contribution in [3.63, 3.8) is 0 Å². The summed E-state index contributed by atoms with van der Waals surface area (Å²) in [6, 6.07) is 52.3. The van der Waals surface area contributed by atoms with Crippen LogP contribution in [0.4, 0.5) is 17.1 Å². The first-order chi connectivity index (χ1) is 20.8. The van der Waals surface area contributed by atoms with Gasteiger partial charge in [-0.15, -0.1) is 0 Å². The van der Waals surface area contributed by atoms with E-state index in [-0.39, 0.29) is 0 Å². The molecule has 3 heteroatoms. The Hall–Kier alpha value is -5.54. The van der Waals surface area contributed by atoms with Crippen LogP contribution in [-0.2, 0) is 5.41 Å². The van der Waals surface area contributed by atoms with Crippen LogP contribution in [0.2, 0.25) is 0 Å². The molecule has 0 amide bonds. The van der Waals surface area contributed by atoms with Crippen LogP contribution < -0.4 is 4.90 Å². The third-order valence-electron chi connectivity index (χ3n) is 8.90. The van der Waals surface area contributed by atoms with E-state index >= 15 is 0 Å². The lowest BCUT2D eigenvalue weighted by Gasteiger charge is -2.45. The quantitative estimate of drug-likeness (QED) is 0.221. The Morgan fingerprint density at radius 3 is 1.83 bits per heavy atom. The summed E-state index contributed by atoms with van der Waals surface area (Å²) in [6.07, 6.45) is 1.90. The standard InChI is InChI=1S/C39H25N3/c1-2-12-27(13-3-1)42-37-20-10-6-16-31(37)39(32-17-7-11-21-38(32)42)30-15-5-4-14-28(30)29-23-22-26(24-33(29)39)36-25-40-34-18-8-9-19-35(34)41-36/h1-25H. The minimum absolute atomic E-state index is 0.481. The SMILES string of the molecule is c1ccc(N2c3ccccc3C3(c4ccccc4-c4ccc(-c5cnc6ccccc6n5)cc43)c3ccccc32)cc1. The molecule has 42 heavy (non-hydrogen) atoms. The highest BCUT2D eigenvalue weighted by molar-refractivity contribution is 5.96. The highest BCUT2D eigenvalue weighted by Crippen LogP contribution is 2.63. The van der Waals surface area contributed by atoms with Gasteiger partial charge < -0.3 is 4.90 Å². The second-order valence-corrected chi connectivity index (χ2v) is 11.0. The van der Waals surface area contributed by atoms with Crippen molar-refractivity contribution in [2.24, 2.45) is 0 Å². The average molecular weight is 536 g/mol. The number of anilines is 3. The van der Waals surface area contributed by atoms with Crippen molar-refractivity contribution in [1.29, 1.82) is 0 Å². The first-order valence-electron chi connectivity index (χ1n) is 14.3. The average Bonchev–Trinajstić information content (AvgIpc) is 3.35. The first-order valence-corrected chi connectivity index (χ1v) is 14.3. The lowest BCUT2D eigenvalue weighted by molar-refractivity contribution is 0.753. The Bertz CT molecular complexity index is 2120. The maximum atomic E-state index is 5.02. The zero-order chi connectivity index (χ0) is 27.7. The molecule has 196 valence electrons. The molecular formula is C39H25N3. The molecule has 0 saturated carbocycles. The van der Waals surface area contributed by atoms with Gasteiger partial charge in [-0.1, -0.05) is 103 Å². The van der Waals surface area contributed by atoms with Gasteiger partial charge in [0.05, 0.1) is 39.7 Å². The molecule has 0 radical (unpaired) electrons. The minimum atomic E-state index is -0.481. The summed E-state index contributed by atoms with van der Waals surface area (Å²) in [5.74, 6) is 0. The summed E-state index contributed by atoms with van der Waals surface area (Å²) in [6.45, 7) is 0. The van der Waals surface area contributed by atoms with Crippen LogP contribution in [0.15, 0.2) is 152 Å². The van der Waals surface area contributed by atoms with Crippen molar-refractivity contribution in [2.45, 2.75) is 5.41 Å². The first kappa shape index (κ1) is 23.2. The number of benzene rings is 6. The third-order valence-corrected chi connectivity index (χ3v) is 8.90. The fraction of sp³-hybridized carbons (Fsp3) is 0.0256. The summed E-state index contributed by atoms with van der Waals surface area (Å²) < 4.78 is 0. The highest BCUT2D eigenvalue weighted by atomic mass is 15.2. The van der Waals surface area contributed by atoms with Crippen molar-refractivity contribution in [1.82, 2.24) is 9.97 Å². The summed E-state index contributed by atoms with van der Waals surface area (Å²) >= 11 is 0. The number of hydrogen-bond acceptors (Lipinski definition) is 3. The molecule has 1 aromatic heterocycles. The number of para-hydroxylation sites is 5. The van der Waals surface area contributed by atoms with Crippen LogP contribution in [-0.4, -0.2) is 9.97 Å². The minimum Gasteiger partial charge on any atom is -0.310 e. The van der Waals surface area contributed by atoms with Crippen LogP contribution in [0.1, 0.15) is 22.3 Å². The zero-order valence-electron chi connectivity index (χ0n) is 22.8. The van der Waals surface area contributed by atoms with Crippen molar-refractivity contribution < 1.29 is 0 Å². The Labute approximate surface area is 244 Å². The predicted molar refractivity (Wildman–Crippen MR) is 171 cm³/mol. The smallest absolute Gasteiger partial charge is 0.0894 e. The van der Waals surface area contributed by atoms with E-state index < -0.39 is 5.41 Å². The Morgan fingerprint density at radius 1 is 0.476 bits per heavy atom. The number of nitrogens with zero attached hydrogens (tertiary/aromatic N) is 3. The van der Waals surface area contributed by atoms with E-state index in [9.17, 15) is 0 Å². The van der Waals surface area contributed by atoms with Crippen LogP contribution in [0.5, 0.6) is 0 Å². The molecule has 0 fully saturated rings. The topological polar surface area (TPSA) is 29.0 Å². The highest BCUT2D eigenvalue weighted by Gasteiger charge is 2.51. The molecule has 3 nitrogen and oxygen atoms in total. The van der Waals surface area contributed by atoms with E-state index in [1.54, 1.807) is 0 Å². The van der Waals surface area contributed by atoms with Crippen LogP contribution in [0.25, 0.3) is 33.4 Å². The maximum Gasteiger partial charge on any atom is 0.0894 e. The van der Waals surface area contributed by atoms with E-state index in [1.165, 1.54) is 44.8 Å². The summed E-state index contributed by atoms with van der Waals surface area (Å²) in [4.78, 5) is 12.2. The molecular weight excluding hydrogens is 510 g/mol. The van der Waals surface area contributed by atoms with Gasteiger partial charge in [-0.3, -0.25) is 4.98 Å². The molecule has 2 aliphatic rings. The lowest BCUT2D eigenvalue weighted by atomic mass is 9.64. The number of aromatic nitrogens is 2. The van der Waals surface area contributed by atoms with Crippen molar-refractivity contribution in [3.8, 4) is 22.4 Å². The molecule has 1 aliphatic carbocycles. The second kappa shape index (κ2) is 8.73. The number of fused-ring (bicyclic) bond motifs is 10. The molecule has 9 rings (SSSR count). The van der Waals surface area contributed by atoms with Crippen LogP contribution >= 0.6 is 0 Å². The van der Waals surface area contributed by atoms with E-state index in [4.69, 9.17) is 9.97 Å². The number of rotatable bonds is 2. The fourth-order valence-corrected chi connectivity index (χ4v) is 7.22. The Morgan fingerprint density at radius 2 is 1.07 bits per heavy atom. The zero-order valence-corrected chi connectivity index (χ0v) is 22.8. The van der Waals surface area contributed by atoms with E-state index in [2.05, 4.69) is 126 Å². The van der Waals surface area contributed by atoms with Gasteiger partial charge in [0, 0.05) is 11.3 Å². The molecule has 0 unspecified atom stereocenters. The molecule has 1 spiro atoms. The van der Waals surface area contributed by atoms with Crippen molar-refractivity contribution >= 4 is 28.1 Å². The molecule has 0 bridgehead atoms. The molecule has 0 saturated heterocycles. The van der Waals surface area contributed by atoms with Crippen molar-refractivity contribution in [3.05, 3.63) is 174 Å². The summed E-state index contributed by atoms with van der Waals surface area (Å²) in [7, 11) is 0. The normalized spacial score (nSPS) is 13.9. The van der Waals surface area contributed by atoms with E-state index in [1.807, 2.05) is 30.5 Å². The molecule has 2 heterocycles. The van der Waals surface area contributed by atoms with Gasteiger partial charge in [0.2, 0.25) is 0 Å². The van der Waals surface area contributed by atoms with Gasteiger partial charge >= 0.3 is 0 Å². The molecule has 0 atom stereocenters. The largest absolute Gasteiger partial charge is 0.310 e. The van der Waals surface area contributed by atoms with E-state index in [0.717, 1.165) is 28.0 Å². The van der Waals surface area contributed by atoms with Crippen LogP contribution in [0, 0.1) is 0 Å². The summed E-state index contributed by atoms with van der Waals surface area (Å²) in [5.41, 5.74) is 14.5. The Balaban J connectivity index is 1.38. The van der Waals surface area contributed by atoms with Crippen LogP contribution in [0.3, 0.4) is 0 Å². The molecule has 7 aromatic rings.